The minimum Gasteiger partial charge on any atom is -0.399 e. The second kappa shape index (κ2) is 5.75. The summed E-state index contributed by atoms with van der Waals surface area (Å²) in [5, 5.41) is 9.90. The van der Waals surface area contributed by atoms with Crippen molar-refractivity contribution in [3.05, 3.63) is 40.5 Å². The summed E-state index contributed by atoms with van der Waals surface area (Å²) in [5.74, 6) is 0.181. The smallest absolute Gasteiger partial charge is 0.258 e. The van der Waals surface area contributed by atoms with Crippen LogP contribution in [-0.2, 0) is 6.42 Å². The first-order chi connectivity index (χ1) is 9.10. The van der Waals surface area contributed by atoms with E-state index in [4.69, 9.17) is 17.3 Å². The van der Waals surface area contributed by atoms with Crippen molar-refractivity contribution >= 4 is 29.0 Å². The topological polar surface area (TPSA) is 83.8 Å². The molecular weight excluding hydrogens is 264 g/mol. The van der Waals surface area contributed by atoms with Gasteiger partial charge in [0.2, 0.25) is 0 Å². The normalized spacial score (nSPS) is 10.4. The second-order valence-corrected chi connectivity index (χ2v) is 4.63. The van der Waals surface area contributed by atoms with E-state index in [9.17, 15) is 4.79 Å². The first-order valence-corrected chi connectivity index (χ1v) is 6.38. The number of carbonyl (C=O) groups excluding carboxylic acids is 1. The van der Waals surface area contributed by atoms with Crippen LogP contribution in [0.1, 0.15) is 29.4 Å². The number of hydrogen-bond acceptors (Lipinski definition) is 3. The number of aromatic nitrogens is 2. The molecular formula is C13H15ClN4O. The van der Waals surface area contributed by atoms with Gasteiger partial charge in [-0.25, -0.2) is 0 Å². The average Bonchev–Trinajstić information content (AvgIpc) is 2.76. The summed E-state index contributed by atoms with van der Waals surface area (Å²) in [4.78, 5) is 12.0. The van der Waals surface area contributed by atoms with Crippen molar-refractivity contribution in [1.82, 2.24) is 10.2 Å². The van der Waals surface area contributed by atoms with E-state index >= 15 is 0 Å². The molecule has 1 aromatic heterocycles. The lowest BCUT2D eigenvalue weighted by Crippen LogP contribution is -2.12. The first kappa shape index (κ1) is 13.4. The van der Waals surface area contributed by atoms with Crippen molar-refractivity contribution in [2.24, 2.45) is 0 Å². The third kappa shape index (κ3) is 3.26. The van der Waals surface area contributed by atoms with E-state index < -0.39 is 0 Å². The number of nitrogen functional groups attached to an aromatic ring is 1. The van der Waals surface area contributed by atoms with Crippen molar-refractivity contribution in [3.8, 4) is 0 Å². The van der Waals surface area contributed by atoms with Crippen LogP contribution in [0.4, 0.5) is 11.5 Å². The summed E-state index contributed by atoms with van der Waals surface area (Å²) < 4.78 is 0. The third-order valence-electron chi connectivity index (χ3n) is 2.63. The fourth-order valence-electron chi connectivity index (χ4n) is 1.72. The van der Waals surface area contributed by atoms with Crippen molar-refractivity contribution < 1.29 is 4.79 Å². The standard InChI is InChI=1S/C13H15ClN4O/c1-2-3-9-7-12(18-17-9)16-13(19)10-5-4-8(15)6-11(10)14/h4-7H,2-3,15H2,1H3,(H2,16,17,18,19). The summed E-state index contributed by atoms with van der Waals surface area (Å²) in [6.45, 7) is 2.08. The highest BCUT2D eigenvalue weighted by Gasteiger charge is 2.12. The second-order valence-electron chi connectivity index (χ2n) is 4.22. The molecule has 1 aromatic carbocycles. The van der Waals surface area contributed by atoms with E-state index in [0.717, 1.165) is 18.5 Å². The van der Waals surface area contributed by atoms with Gasteiger partial charge in [-0.15, -0.1) is 0 Å². The van der Waals surface area contributed by atoms with Gasteiger partial charge in [-0.3, -0.25) is 9.89 Å². The molecule has 1 amide bonds. The monoisotopic (exact) mass is 278 g/mol. The summed E-state index contributed by atoms with van der Waals surface area (Å²) in [6.07, 6.45) is 1.91. The Bertz CT molecular complexity index is 594. The molecule has 6 heteroatoms. The summed E-state index contributed by atoms with van der Waals surface area (Å²) in [7, 11) is 0. The van der Waals surface area contributed by atoms with E-state index in [1.54, 1.807) is 18.2 Å². The van der Waals surface area contributed by atoms with E-state index in [1.807, 2.05) is 6.07 Å². The number of aromatic amines is 1. The Morgan fingerprint density at radius 2 is 2.26 bits per heavy atom. The molecule has 2 aromatic rings. The fraction of sp³-hybridized carbons (Fsp3) is 0.231. The number of halogens is 1. The molecule has 0 fully saturated rings. The van der Waals surface area contributed by atoms with Crippen LogP contribution >= 0.6 is 11.6 Å². The number of aryl methyl sites for hydroxylation is 1. The quantitative estimate of drug-likeness (QED) is 0.752. The minimum atomic E-state index is -0.306. The molecule has 0 radical (unpaired) electrons. The van der Waals surface area contributed by atoms with Gasteiger partial charge in [-0.05, 0) is 24.6 Å². The number of nitrogens with zero attached hydrogens (tertiary/aromatic N) is 1. The molecule has 0 saturated carbocycles. The van der Waals surface area contributed by atoms with Crippen molar-refractivity contribution in [2.45, 2.75) is 19.8 Å². The molecule has 0 aliphatic heterocycles. The van der Waals surface area contributed by atoms with Gasteiger partial charge in [-0.2, -0.15) is 5.10 Å². The minimum absolute atomic E-state index is 0.306. The number of amides is 1. The maximum absolute atomic E-state index is 12.0. The highest BCUT2D eigenvalue weighted by atomic mass is 35.5. The Morgan fingerprint density at radius 3 is 2.95 bits per heavy atom. The zero-order valence-electron chi connectivity index (χ0n) is 10.5. The first-order valence-electron chi connectivity index (χ1n) is 6.01. The van der Waals surface area contributed by atoms with E-state index in [0.29, 0.717) is 22.1 Å². The number of H-pyrrole nitrogens is 1. The molecule has 1 heterocycles. The molecule has 0 bridgehead atoms. The highest BCUT2D eigenvalue weighted by molar-refractivity contribution is 6.34. The average molecular weight is 279 g/mol. The zero-order valence-corrected chi connectivity index (χ0v) is 11.3. The van der Waals surface area contributed by atoms with Crippen LogP contribution in [0.15, 0.2) is 24.3 Å². The highest BCUT2D eigenvalue weighted by Crippen LogP contribution is 2.20. The molecule has 4 N–H and O–H groups in total. The third-order valence-corrected chi connectivity index (χ3v) is 2.94. The summed E-state index contributed by atoms with van der Waals surface area (Å²) in [5.41, 5.74) is 7.46. The number of nitrogens with two attached hydrogens (primary N) is 1. The van der Waals surface area contributed by atoms with Gasteiger partial charge in [0.25, 0.3) is 5.91 Å². The van der Waals surface area contributed by atoms with Gasteiger partial charge < -0.3 is 11.1 Å². The van der Waals surface area contributed by atoms with Crippen LogP contribution in [0.2, 0.25) is 5.02 Å². The van der Waals surface area contributed by atoms with Crippen LogP contribution in [0, 0.1) is 0 Å². The Kier molecular flexibility index (Phi) is 4.06. The van der Waals surface area contributed by atoms with Gasteiger partial charge in [0.15, 0.2) is 5.82 Å². The largest absolute Gasteiger partial charge is 0.399 e. The van der Waals surface area contributed by atoms with Crippen LogP contribution in [0.5, 0.6) is 0 Å². The van der Waals surface area contributed by atoms with Gasteiger partial charge >= 0.3 is 0 Å². The Labute approximate surface area is 116 Å². The molecule has 0 atom stereocenters. The van der Waals surface area contributed by atoms with Crippen LogP contribution in [0.3, 0.4) is 0 Å². The number of rotatable bonds is 4. The van der Waals surface area contributed by atoms with Gasteiger partial charge in [0.1, 0.15) is 0 Å². The number of carbonyl (C=O) groups is 1. The van der Waals surface area contributed by atoms with Crippen LogP contribution < -0.4 is 11.1 Å². The Morgan fingerprint density at radius 1 is 1.47 bits per heavy atom. The molecule has 0 unspecified atom stereocenters. The number of hydrogen-bond donors (Lipinski definition) is 3. The predicted octanol–water partition coefficient (Wildman–Crippen LogP) is 2.85. The van der Waals surface area contributed by atoms with E-state index in [-0.39, 0.29) is 5.91 Å². The maximum Gasteiger partial charge on any atom is 0.258 e. The van der Waals surface area contributed by atoms with E-state index in [2.05, 4.69) is 22.4 Å². The predicted molar refractivity (Wildman–Crippen MR) is 76.4 cm³/mol. The molecule has 0 aliphatic rings. The van der Waals surface area contributed by atoms with Gasteiger partial charge in [0.05, 0.1) is 10.6 Å². The number of benzene rings is 1. The van der Waals surface area contributed by atoms with Crippen LogP contribution in [0.25, 0.3) is 0 Å². The SMILES string of the molecule is CCCc1cc(NC(=O)c2ccc(N)cc2Cl)n[nH]1. The molecule has 0 saturated heterocycles. The lowest BCUT2D eigenvalue weighted by Gasteiger charge is -2.04. The molecule has 19 heavy (non-hydrogen) atoms. The van der Waals surface area contributed by atoms with Gasteiger partial charge in [-0.1, -0.05) is 24.9 Å². The molecule has 0 aliphatic carbocycles. The number of anilines is 2. The summed E-state index contributed by atoms with van der Waals surface area (Å²) in [6, 6.07) is 6.58. The molecule has 2 rings (SSSR count). The molecule has 5 nitrogen and oxygen atoms in total. The Hall–Kier alpha value is -2.01. The summed E-state index contributed by atoms with van der Waals surface area (Å²) >= 11 is 5.98. The number of nitrogens with one attached hydrogen (secondary N) is 2. The fourth-order valence-corrected chi connectivity index (χ4v) is 2.00. The lowest BCUT2D eigenvalue weighted by molar-refractivity contribution is 0.102. The lowest BCUT2D eigenvalue weighted by atomic mass is 10.2. The van der Waals surface area contributed by atoms with Crippen molar-refractivity contribution in [3.63, 3.8) is 0 Å². The van der Waals surface area contributed by atoms with Crippen molar-refractivity contribution in [1.29, 1.82) is 0 Å². The van der Waals surface area contributed by atoms with E-state index in [1.165, 1.54) is 0 Å². The van der Waals surface area contributed by atoms with Gasteiger partial charge in [0, 0.05) is 17.4 Å². The molecule has 100 valence electrons. The molecule has 0 spiro atoms. The zero-order chi connectivity index (χ0) is 13.8. The van der Waals surface area contributed by atoms with Crippen LogP contribution in [-0.4, -0.2) is 16.1 Å². The maximum atomic E-state index is 12.0. The Balaban J connectivity index is 2.11. The van der Waals surface area contributed by atoms with Crippen molar-refractivity contribution in [2.75, 3.05) is 11.1 Å².